The Labute approximate surface area is 172 Å². The second-order valence-electron chi connectivity index (χ2n) is 7.96. The summed E-state index contributed by atoms with van der Waals surface area (Å²) in [5, 5.41) is 26.7. The van der Waals surface area contributed by atoms with Gasteiger partial charge in [0, 0.05) is 17.7 Å². The number of amides is 1. The number of hydrogen-bond acceptors (Lipinski definition) is 6. The number of nitrogens with one attached hydrogen (secondary N) is 1. The minimum atomic E-state index is -0.155. The van der Waals surface area contributed by atoms with Gasteiger partial charge in [0.05, 0.1) is 42.2 Å². The molecule has 0 radical (unpaired) electrons. The van der Waals surface area contributed by atoms with Crippen LogP contribution in [0.2, 0.25) is 0 Å². The summed E-state index contributed by atoms with van der Waals surface area (Å²) >= 11 is 0. The molecular weight excluding hydrogens is 382 g/mol. The van der Waals surface area contributed by atoms with E-state index >= 15 is 0 Å². The molecule has 2 fully saturated rings. The van der Waals surface area contributed by atoms with Crippen molar-refractivity contribution in [1.82, 2.24) is 20.1 Å². The van der Waals surface area contributed by atoms with Gasteiger partial charge in [-0.05, 0) is 42.7 Å². The zero-order chi connectivity index (χ0) is 20.7. The Kier molecular flexibility index (Phi) is 4.26. The Bertz CT molecular complexity index is 1130. The molecule has 1 aromatic carbocycles. The number of rotatable bonds is 4. The molecule has 30 heavy (non-hydrogen) atoms. The summed E-state index contributed by atoms with van der Waals surface area (Å²) in [5.41, 5.74) is 2.57. The molecule has 2 N–H and O–H groups in total. The third kappa shape index (κ3) is 3.09. The number of hydrogen-bond donors (Lipinski definition) is 2. The normalized spacial score (nSPS) is 17.0. The molecule has 1 spiro atoms. The number of nitriles is 1. The standard InChI is InChI=1S/C22H19N5O3/c23-9-14-1-3-15(4-2-14)18-11-25-27(21(18)29)19-6-5-16(10-24-19)20(28)26-17-7-22(8-17)12-30-13-22/h1-6,10-11,17,29H,7-8,12-13H2,(H,26,28). The largest absolute Gasteiger partial charge is 0.493 e. The van der Waals surface area contributed by atoms with Gasteiger partial charge in [0.15, 0.2) is 5.82 Å². The van der Waals surface area contributed by atoms with E-state index in [-0.39, 0.29) is 17.8 Å². The quantitative estimate of drug-likeness (QED) is 0.694. The van der Waals surface area contributed by atoms with Crippen LogP contribution in [0.4, 0.5) is 0 Å². The van der Waals surface area contributed by atoms with Crippen LogP contribution in [0.15, 0.2) is 48.8 Å². The smallest absolute Gasteiger partial charge is 0.253 e. The molecule has 8 nitrogen and oxygen atoms in total. The van der Waals surface area contributed by atoms with Crippen molar-refractivity contribution >= 4 is 5.91 Å². The fourth-order valence-electron chi connectivity index (χ4n) is 4.07. The summed E-state index contributed by atoms with van der Waals surface area (Å²) in [4.78, 5) is 16.7. The predicted octanol–water partition coefficient (Wildman–Crippen LogP) is 2.42. The van der Waals surface area contributed by atoms with Crippen LogP contribution in [0.1, 0.15) is 28.8 Å². The number of benzene rings is 1. The number of ether oxygens (including phenoxy) is 1. The summed E-state index contributed by atoms with van der Waals surface area (Å²) in [7, 11) is 0. The maximum absolute atomic E-state index is 12.4. The lowest BCUT2D eigenvalue weighted by molar-refractivity contribution is -0.165. The van der Waals surface area contributed by atoms with Crippen molar-refractivity contribution in [3.8, 4) is 28.9 Å². The van der Waals surface area contributed by atoms with E-state index < -0.39 is 0 Å². The van der Waals surface area contributed by atoms with Crippen molar-refractivity contribution < 1.29 is 14.6 Å². The highest BCUT2D eigenvalue weighted by Gasteiger charge is 2.50. The fraction of sp³-hybridized carbons (Fsp3) is 0.273. The average molecular weight is 401 g/mol. The van der Waals surface area contributed by atoms with Crippen LogP contribution in [0.5, 0.6) is 5.88 Å². The van der Waals surface area contributed by atoms with Crippen molar-refractivity contribution in [3.63, 3.8) is 0 Å². The van der Waals surface area contributed by atoms with Gasteiger partial charge in [-0.3, -0.25) is 4.79 Å². The van der Waals surface area contributed by atoms with E-state index in [2.05, 4.69) is 21.5 Å². The lowest BCUT2D eigenvalue weighted by Crippen LogP contribution is -2.59. The molecule has 2 aliphatic rings. The Morgan fingerprint density at radius 2 is 1.97 bits per heavy atom. The van der Waals surface area contributed by atoms with Crippen molar-refractivity contribution in [1.29, 1.82) is 5.26 Å². The van der Waals surface area contributed by atoms with Crippen molar-refractivity contribution in [2.45, 2.75) is 18.9 Å². The third-order valence-corrected chi connectivity index (χ3v) is 5.81. The summed E-state index contributed by atoms with van der Waals surface area (Å²) in [5.74, 6) is 0.183. The zero-order valence-corrected chi connectivity index (χ0v) is 16.1. The molecule has 1 aliphatic carbocycles. The molecule has 2 aromatic heterocycles. The van der Waals surface area contributed by atoms with E-state index in [0.717, 1.165) is 31.6 Å². The second-order valence-corrected chi connectivity index (χ2v) is 7.96. The average Bonchev–Trinajstić information content (AvgIpc) is 3.10. The lowest BCUT2D eigenvalue weighted by Gasteiger charge is -2.53. The molecule has 0 bridgehead atoms. The van der Waals surface area contributed by atoms with Crippen LogP contribution in [-0.4, -0.2) is 45.0 Å². The zero-order valence-electron chi connectivity index (χ0n) is 16.1. The van der Waals surface area contributed by atoms with Crippen LogP contribution >= 0.6 is 0 Å². The van der Waals surface area contributed by atoms with Crippen molar-refractivity contribution in [3.05, 3.63) is 59.9 Å². The van der Waals surface area contributed by atoms with Gasteiger partial charge in [0.25, 0.3) is 5.91 Å². The van der Waals surface area contributed by atoms with Crippen LogP contribution in [0.25, 0.3) is 16.9 Å². The number of carbonyl (C=O) groups is 1. The van der Waals surface area contributed by atoms with Gasteiger partial charge in [0.2, 0.25) is 5.88 Å². The van der Waals surface area contributed by atoms with Gasteiger partial charge in [-0.15, -0.1) is 0 Å². The molecule has 0 atom stereocenters. The molecule has 1 amide bonds. The highest BCUT2D eigenvalue weighted by atomic mass is 16.5. The molecule has 1 aliphatic heterocycles. The molecule has 0 unspecified atom stereocenters. The first-order valence-electron chi connectivity index (χ1n) is 9.69. The first-order valence-corrected chi connectivity index (χ1v) is 9.69. The van der Waals surface area contributed by atoms with E-state index in [1.807, 2.05) is 0 Å². The highest BCUT2D eigenvalue weighted by Crippen LogP contribution is 2.46. The van der Waals surface area contributed by atoms with Gasteiger partial charge in [-0.25, -0.2) is 4.98 Å². The number of aromatic hydroxyl groups is 1. The SMILES string of the molecule is N#Cc1ccc(-c2cnn(-c3ccc(C(=O)NC4CC5(COC5)C4)cn3)c2O)cc1. The Morgan fingerprint density at radius 3 is 2.57 bits per heavy atom. The monoisotopic (exact) mass is 401 g/mol. The molecule has 1 saturated carbocycles. The molecule has 8 heteroatoms. The molecule has 3 aromatic rings. The van der Waals surface area contributed by atoms with Gasteiger partial charge in [0.1, 0.15) is 0 Å². The summed E-state index contributed by atoms with van der Waals surface area (Å²) in [6, 6.07) is 12.4. The molecule has 5 rings (SSSR count). The Hall–Kier alpha value is -3.70. The molecule has 150 valence electrons. The number of nitrogens with zero attached hydrogens (tertiary/aromatic N) is 4. The van der Waals surface area contributed by atoms with Crippen LogP contribution in [-0.2, 0) is 4.74 Å². The van der Waals surface area contributed by atoms with Gasteiger partial charge >= 0.3 is 0 Å². The predicted molar refractivity (Wildman–Crippen MR) is 107 cm³/mol. The van der Waals surface area contributed by atoms with Crippen molar-refractivity contribution in [2.24, 2.45) is 5.41 Å². The van der Waals surface area contributed by atoms with Gasteiger partial charge in [-0.2, -0.15) is 15.0 Å². The maximum Gasteiger partial charge on any atom is 0.253 e. The first kappa shape index (κ1) is 18.3. The molecule has 1 saturated heterocycles. The Balaban J connectivity index is 1.29. The number of pyridine rings is 1. The van der Waals surface area contributed by atoms with Crippen molar-refractivity contribution in [2.75, 3.05) is 13.2 Å². The Morgan fingerprint density at radius 1 is 1.20 bits per heavy atom. The minimum Gasteiger partial charge on any atom is -0.493 e. The van der Waals surface area contributed by atoms with Gasteiger partial charge < -0.3 is 15.2 Å². The van der Waals surface area contributed by atoms with Crippen LogP contribution in [0.3, 0.4) is 0 Å². The minimum absolute atomic E-state index is 0.0631. The van der Waals surface area contributed by atoms with Crippen LogP contribution < -0.4 is 5.32 Å². The lowest BCUT2D eigenvalue weighted by atomic mass is 9.64. The van der Waals surface area contributed by atoms with E-state index in [0.29, 0.717) is 27.9 Å². The van der Waals surface area contributed by atoms with E-state index in [1.54, 1.807) is 36.4 Å². The van der Waals surface area contributed by atoms with E-state index in [9.17, 15) is 9.90 Å². The number of carbonyl (C=O) groups excluding carboxylic acids is 1. The van der Waals surface area contributed by atoms with E-state index in [4.69, 9.17) is 10.00 Å². The summed E-state index contributed by atoms with van der Waals surface area (Å²) < 4.78 is 6.57. The summed E-state index contributed by atoms with van der Waals surface area (Å²) in [6.45, 7) is 1.60. The topological polar surface area (TPSA) is 113 Å². The number of aromatic nitrogens is 3. The molecule has 3 heterocycles. The van der Waals surface area contributed by atoms with E-state index in [1.165, 1.54) is 17.1 Å². The highest BCUT2D eigenvalue weighted by molar-refractivity contribution is 5.94. The first-order chi connectivity index (χ1) is 14.6. The van der Waals surface area contributed by atoms with Gasteiger partial charge in [-0.1, -0.05) is 12.1 Å². The van der Waals surface area contributed by atoms with Crippen LogP contribution in [0, 0.1) is 16.7 Å². The molecular formula is C22H19N5O3. The summed E-state index contributed by atoms with van der Waals surface area (Å²) in [6.07, 6.45) is 4.94. The fourth-order valence-corrected chi connectivity index (χ4v) is 4.07. The maximum atomic E-state index is 12.4. The third-order valence-electron chi connectivity index (χ3n) is 5.81. The second kappa shape index (κ2) is 6.97.